The fraction of sp³-hybridized carbons (Fsp3) is 0.600. The predicted molar refractivity (Wildman–Crippen MR) is 228 cm³/mol. The predicted octanol–water partition coefficient (Wildman–Crippen LogP) is 7.01. The van der Waals surface area contributed by atoms with Crippen molar-refractivity contribution < 1.29 is 47.7 Å². The number of rotatable bonds is 22. The number of nitrogens with one attached hydrogen (secondary N) is 5. The number of benzene rings is 2. The molecule has 0 spiro atoms. The second-order valence-corrected chi connectivity index (χ2v) is 17.0. The van der Waals surface area contributed by atoms with Gasteiger partial charge >= 0.3 is 24.2 Å². The second kappa shape index (κ2) is 24.0. The van der Waals surface area contributed by atoms with Gasteiger partial charge in [-0.25, -0.2) is 19.2 Å². The van der Waals surface area contributed by atoms with Gasteiger partial charge in [0.25, 0.3) is 0 Å². The summed E-state index contributed by atoms with van der Waals surface area (Å²) in [6.45, 7) is 13.2. The highest BCUT2D eigenvalue weighted by Gasteiger charge is 2.32. The number of methoxy groups -OCH3 is 1. The van der Waals surface area contributed by atoms with Gasteiger partial charge in [0.2, 0.25) is 11.8 Å². The van der Waals surface area contributed by atoms with Crippen LogP contribution < -0.4 is 26.6 Å². The van der Waals surface area contributed by atoms with Crippen molar-refractivity contribution in [1.82, 2.24) is 26.6 Å². The summed E-state index contributed by atoms with van der Waals surface area (Å²) >= 11 is 0. The lowest BCUT2D eigenvalue weighted by Gasteiger charge is -2.25. The molecule has 0 fully saturated rings. The van der Waals surface area contributed by atoms with E-state index in [-0.39, 0.29) is 38.5 Å². The fourth-order valence-electron chi connectivity index (χ4n) is 6.81. The molecule has 0 bridgehead atoms. The SMILES string of the molecule is CCCCCC(NC(=O)[C@H](CCCCNC(=O)OC(C)(C)C)NC(=O)[C@H](CCCCNC(=O)OC(C)(C)C)NC(=O)OCC1c2ccccc2-c2ccccc21)C(=O)OC. The molecule has 15 nitrogen and oxygen atoms in total. The molecule has 0 aromatic heterocycles. The first-order valence-corrected chi connectivity index (χ1v) is 21.2. The third-order valence-electron chi connectivity index (χ3n) is 9.66. The highest BCUT2D eigenvalue weighted by atomic mass is 16.6. The largest absolute Gasteiger partial charge is 0.467 e. The molecule has 0 radical (unpaired) electrons. The fourth-order valence-corrected chi connectivity index (χ4v) is 6.81. The highest BCUT2D eigenvalue weighted by Crippen LogP contribution is 2.44. The van der Waals surface area contributed by atoms with Crippen molar-refractivity contribution in [2.75, 3.05) is 26.8 Å². The van der Waals surface area contributed by atoms with E-state index in [1.54, 1.807) is 41.5 Å². The topological polar surface area (TPSA) is 199 Å². The van der Waals surface area contributed by atoms with Gasteiger partial charge in [0.05, 0.1) is 7.11 Å². The molecule has 1 aliphatic carbocycles. The Morgan fingerprint density at radius 1 is 0.583 bits per heavy atom. The minimum absolute atomic E-state index is 0.0311. The summed E-state index contributed by atoms with van der Waals surface area (Å²) in [5.41, 5.74) is 2.89. The number of esters is 1. The lowest BCUT2D eigenvalue weighted by Crippen LogP contribution is -2.56. The Morgan fingerprint density at radius 2 is 1.02 bits per heavy atom. The first kappa shape index (κ1) is 49.0. The number of carbonyl (C=O) groups is 6. The summed E-state index contributed by atoms with van der Waals surface area (Å²) in [6.07, 6.45) is 2.91. The summed E-state index contributed by atoms with van der Waals surface area (Å²) in [7, 11) is 1.25. The summed E-state index contributed by atoms with van der Waals surface area (Å²) in [5, 5.41) is 13.7. The number of unbranched alkanes of at least 4 members (excludes halogenated alkanes) is 4. The smallest absolute Gasteiger partial charge is 0.407 e. The Bertz CT molecular complexity index is 1690. The van der Waals surface area contributed by atoms with Crippen LogP contribution in [-0.2, 0) is 33.3 Å². The van der Waals surface area contributed by atoms with Crippen LogP contribution in [0.1, 0.15) is 130 Å². The van der Waals surface area contributed by atoms with Crippen molar-refractivity contribution >= 4 is 36.1 Å². The molecule has 5 amide bonds. The summed E-state index contributed by atoms with van der Waals surface area (Å²) in [5.74, 6) is -2.01. The van der Waals surface area contributed by atoms with Crippen molar-refractivity contribution in [3.63, 3.8) is 0 Å². The number of hydrogen-bond donors (Lipinski definition) is 5. The molecule has 2 aromatic carbocycles. The van der Waals surface area contributed by atoms with Gasteiger partial charge in [-0.3, -0.25) is 9.59 Å². The van der Waals surface area contributed by atoms with E-state index in [1.165, 1.54) is 7.11 Å². The molecule has 0 aliphatic heterocycles. The molecule has 0 saturated heterocycles. The molecule has 3 atom stereocenters. The molecule has 2 aromatic rings. The molecular weight excluding hydrogens is 771 g/mol. The number of amides is 5. The Labute approximate surface area is 355 Å². The zero-order chi connectivity index (χ0) is 44.3. The molecular formula is C45H67N5O10. The first-order chi connectivity index (χ1) is 28.4. The van der Waals surface area contributed by atoms with Crippen LogP contribution in [0.15, 0.2) is 48.5 Å². The highest BCUT2D eigenvalue weighted by molar-refractivity contribution is 5.93. The number of hydrogen-bond acceptors (Lipinski definition) is 10. The molecule has 1 unspecified atom stereocenters. The standard InChI is InChI=1S/C45H67N5O10/c1-9-10-11-26-37(40(53)57-8)49-38(51)35(24-16-18-27-46-41(54)59-44(2,3)4)48-39(52)36(25-17-19-28-47-42(55)60-45(5,6)7)50-43(56)58-29-34-32-22-14-12-20-30(32)31-21-13-15-23-33(31)34/h12-15,20-23,34-37H,9-11,16-19,24-29H2,1-8H3,(H,46,54)(H,47,55)(H,48,52)(H,49,51)(H,50,56)/t35-,36-,37?/m0/s1. The van der Waals surface area contributed by atoms with E-state index in [1.807, 2.05) is 55.5 Å². The van der Waals surface area contributed by atoms with Crippen molar-refractivity contribution in [2.45, 2.75) is 148 Å². The van der Waals surface area contributed by atoms with Gasteiger partial charge in [-0.15, -0.1) is 0 Å². The van der Waals surface area contributed by atoms with Crippen LogP contribution in [-0.4, -0.2) is 92.2 Å². The van der Waals surface area contributed by atoms with Gasteiger partial charge in [0.15, 0.2) is 0 Å². The quantitative estimate of drug-likeness (QED) is 0.0467. The molecule has 60 heavy (non-hydrogen) atoms. The monoisotopic (exact) mass is 837 g/mol. The number of ether oxygens (including phenoxy) is 4. The van der Waals surface area contributed by atoms with E-state index in [0.29, 0.717) is 38.5 Å². The summed E-state index contributed by atoms with van der Waals surface area (Å²) < 4.78 is 21.4. The molecule has 5 N–H and O–H groups in total. The van der Waals surface area contributed by atoms with Gasteiger partial charge in [-0.1, -0.05) is 74.7 Å². The van der Waals surface area contributed by atoms with Gasteiger partial charge < -0.3 is 45.5 Å². The normalized spacial score (nSPS) is 13.7. The van der Waals surface area contributed by atoms with Crippen molar-refractivity contribution in [2.24, 2.45) is 0 Å². The minimum Gasteiger partial charge on any atom is -0.467 e. The van der Waals surface area contributed by atoms with E-state index in [4.69, 9.17) is 18.9 Å². The zero-order valence-corrected chi connectivity index (χ0v) is 36.7. The molecule has 0 saturated carbocycles. The van der Waals surface area contributed by atoms with Crippen molar-refractivity contribution in [3.8, 4) is 11.1 Å². The van der Waals surface area contributed by atoms with Crippen molar-refractivity contribution in [1.29, 1.82) is 0 Å². The van der Waals surface area contributed by atoms with Gasteiger partial charge in [-0.2, -0.15) is 0 Å². The Balaban J connectivity index is 1.76. The maximum absolute atomic E-state index is 14.1. The number of alkyl carbamates (subject to hydrolysis) is 3. The van der Waals surface area contributed by atoms with Crippen LogP contribution in [0.2, 0.25) is 0 Å². The lowest BCUT2D eigenvalue weighted by molar-refractivity contribution is -0.145. The third kappa shape index (κ3) is 17.1. The molecule has 3 rings (SSSR count). The maximum atomic E-state index is 14.1. The summed E-state index contributed by atoms with van der Waals surface area (Å²) in [6, 6.07) is 12.8. The molecule has 1 aliphatic rings. The minimum atomic E-state index is -1.12. The Kier molecular flexibility index (Phi) is 19.7. The zero-order valence-electron chi connectivity index (χ0n) is 36.7. The lowest BCUT2D eigenvalue weighted by atomic mass is 9.98. The maximum Gasteiger partial charge on any atom is 0.407 e. The van der Waals surface area contributed by atoms with Crippen LogP contribution in [0.25, 0.3) is 11.1 Å². The number of fused-ring (bicyclic) bond motifs is 3. The first-order valence-electron chi connectivity index (χ1n) is 21.2. The van der Waals surface area contributed by atoms with Gasteiger partial charge in [-0.05, 0) is 109 Å². The van der Waals surface area contributed by atoms with Crippen LogP contribution in [0, 0.1) is 0 Å². The van der Waals surface area contributed by atoms with E-state index in [0.717, 1.165) is 35.1 Å². The van der Waals surface area contributed by atoms with Gasteiger partial charge in [0.1, 0.15) is 35.9 Å². The summed E-state index contributed by atoms with van der Waals surface area (Å²) in [4.78, 5) is 78.4. The van der Waals surface area contributed by atoms with E-state index < -0.39 is 65.4 Å². The van der Waals surface area contributed by atoms with Crippen LogP contribution >= 0.6 is 0 Å². The van der Waals surface area contributed by atoms with E-state index in [2.05, 4.69) is 26.6 Å². The average molecular weight is 838 g/mol. The van der Waals surface area contributed by atoms with Crippen LogP contribution in [0.5, 0.6) is 0 Å². The molecule has 0 heterocycles. The average Bonchev–Trinajstić information content (AvgIpc) is 3.50. The van der Waals surface area contributed by atoms with E-state index >= 15 is 0 Å². The third-order valence-corrected chi connectivity index (χ3v) is 9.66. The molecule has 15 heteroatoms. The van der Waals surface area contributed by atoms with Crippen LogP contribution in [0.3, 0.4) is 0 Å². The Morgan fingerprint density at radius 3 is 1.48 bits per heavy atom. The van der Waals surface area contributed by atoms with E-state index in [9.17, 15) is 28.8 Å². The second-order valence-electron chi connectivity index (χ2n) is 17.0. The Hall–Kier alpha value is -5.34. The van der Waals surface area contributed by atoms with Crippen molar-refractivity contribution in [3.05, 3.63) is 59.7 Å². The van der Waals surface area contributed by atoms with Gasteiger partial charge in [0, 0.05) is 19.0 Å². The number of carbonyl (C=O) groups excluding carboxylic acids is 6. The van der Waals surface area contributed by atoms with Crippen LogP contribution in [0.4, 0.5) is 14.4 Å². The molecule has 332 valence electrons.